The molecule has 0 aromatic carbocycles. The van der Waals surface area contributed by atoms with E-state index in [2.05, 4.69) is 11.7 Å². The molecule has 0 aromatic rings. The fourth-order valence-corrected chi connectivity index (χ4v) is 3.33. The van der Waals surface area contributed by atoms with Crippen LogP contribution in [0.25, 0.3) is 0 Å². The van der Waals surface area contributed by atoms with E-state index in [0.717, 1.165) is 26.2 Å². The van der Waals surface area contributed by atoms with Crippen LogP contribution in [0.5, 0.6) is 0 Å². The molecule has 138 valence electrons. The fraction of sp³-hybridized carbons (Fsp3) is 0.941. The first-order valence-corrected chi connectivity index (χ1v) is 10.5. The number of esters is 1. The number of unbranched alkanes of at least 4 members (excludes halogenated alkanes) is 11. The van der Waals surface area contributed by atoms with Crippen LogP contribution < -0.4 is 0 Å². The minimum absolute atomic E-state index is 0.163. The molecule has 0 heterocycles. The Morgan fingerprint density at radius 1 is 0.870 bits per heavy atom. The van der Waals surface area contributed by atoms with Crippen LogP contribution in [-0.2, 0) is 19.6 Å². The van der Waals surface area contributed by atoms with Gasteiger partial charge in [-0.25, -0.2) is 0 Å². The predicted molar refractivity (Wildman–Crippen MR) is 92.8 cm³/mol. The molecule has 0 bridgehead atoms. The topological polar surface area (TPSA) is 80.7 Å². The summed E-state index contributed by atoms with van der Waals surface area (Å²) in [7, 11) is -4.32. The van der Waals surface area contributed by atoms with Gasteiger partial charge in [-0.1, -0.05) is 77.6 Å². The molecular formula is C17H34O5S. The van der Waals surface area contributed by atoms with Crippen LogP contribution in [-0.4, -0.2) is 24.4 Å². The van der Waals surface area contributed by atoms with Crippen molar-refractivity contribution < 1.29 is 22.5 Å². The Bertz CT molecular complexity index is 392. The van der Waals surface area contributed by atoms with Gasteiger partial charge >= 0.3 is 16.1 Å². The van der Waals surface area contributed by atoms with Crippen molar-refractivity contribution in [3.05, 3.63) is 0 Å². The Morgan fingerprint density at radius 2 is 1.26 bits per heavy atom. The maximum atomic E-state index is 11.1. The van der Waals surface area contributed by atoms with Gasteiger partial charge < -0.3 is 4.74 Å². The van der Waals surface area contributed by atoms with Crippen molar-refractivity contribution in [1.29, 1.82) is 0 Å². The lowest BCUT2D eigenvalue weighted by molar-refractivity contribution is -0.143. The van der Waals surface area contributed by atoms with Crippen LogP contribution in [0.2, 0.25) is 0 Å². The molecule has 1 atom stereocenters. The number of hydrogen-bond donors (Lipinski definition) is 1. The van der Waals surface area contributed by atoms with Crippen LogP contribution in [0.1, 0.15) is 97.3 Å². The normalized spacial score (nSPS) is 13.0. The predicted octanol–water partition coefficient (Wildman–Crippen LogP) is 4.85. The van der Waals surface area contributed by atoms with Gasteiger partial charge in [0.25, 0.3) is 0 Å². The van der Waals surface area contributed by atoms with Crippen molar-refractivity contribution in [1.82, 2.24) is 0 Å². The van der Waals surface area contributed by atoms with Gasteiger partial charge in [-0.05, 0) is 6.42 Å². The summed E-state index contributed by atoms with van der Waals surface area (Å²) >= 11 is 0. The first-order valence-electron chi connectivity index (χ1n) is 9.01. The molecular weight excluding hydrogens is 316 g/mol. The maximum absolute atomic E-state index is 11.1. The zero-order chi connectivity index (χ0) is 17.6. The molecule has 0 radical (unpaired) electrons. The molecule has 5 nitrogen and oxygen atoms in total. The van der Waals surface area contributed by atoms with Gasteiger partial charge in [0.2, 0.25) is 5.44 Å². The van der Waals surface area contributed by atoms with E-state index in [1.165, 1.54) is 51.4 Å². The summed E-state index contributed by atoms with van der Waals surface area (Å²) in [5.41, 5.74) is -1.41. The van der Waals surface area contributed by atoms with Gasteiger partial charge in [0, 0.05) is 13.3 Å². The molecule has 0 aromatic heterocycles. The smallest absolute Gasteiger partial charge is 0.304 e. The van der Waals surface area contributed by atoms with E-state index in [4.69, 9.17) is 4.55 Å². The Kier molecular flexibility index (Phi) is 13.4. The van der Waals surface area contributed by atoms with Crippen molar-refractivity contribution in [2.45, 2.75) is 103 Å². The Balaban J connectivity index is 3.52. The highest BCUT2D eigenvalue weighted by Crippen LogP contribution is 2.15. The zero-order valence-electron chi connectivity index (χ0n) is 14.8. The Morgan fingerprint density at radius 3 is 1.61 bits per heavy atom. The third kappa shape index (κ3) is 14.7. The second-order valence-corrected chi connectivity index (χ2v) is 7.79. The molecule has 1 unspecified atom stereocenters. The van der Waals surface area contributed by atoms with Crippen molar-refractivity contribution in [3.63, 3.8) is 0 Å². The monoisotopic (exact) mass is 350 g/mol. The van der Waals surface area contributed by atoms with Gasteiger partial charge in [0.1, 0.15) is 0 Å². The average Bonchev–Trinajstić information content (AvgIpc) is 2.45. The minimum Gasteiger partial charge on any atom is -0.444 e. The van der Waals surface area contributed by atoms with Crippen molar-refractivity contribution in [2.24, 2.45) is 0 Å². The lowest BCUT2D eigenvalue weighted by Gasteiger charge is -2.13. The lowest BCUT2D eigenvalue weighted by atomic mass is 10.0. The van der Waals surface area contributed by atoms with E-state index in [1.807, 2.05) is 0 Å². The van der Waals surface area contributed by atoms with Gasteiger partial charge in [-0.2, -0.15) is 8.42 Å². The van der Waals surface area contributed by atoms with E-state index in [1.54, 1.807) is 0 Å². The van der Waals surface area contributed by atoms with Gasteiger partial charge in [0.05, 0.1) is 0 Å². The second-order valence-electron chi connectivity index (χ2n) is 6.23. The number of hydrogen-bond acceptors (Lipinski definition) is 4. The van der Waals surface area contributed by atoms with Crippen molar-refractivity contribution in [3.8, 4) is 0 Å². The SMILES string of the molecule is CCCCCCCCCCCCCCC(OC(C)=O)S(=O)(=O)O. The highest BCUT2D eigenvalue weighted by molar-refractivity contribution is 7.86. The molecule has 0 aliphatic rings. The van der Waals surface area contributed by atoms with E-state index < -0.39 is 21.5 Å². The summed E-state index contributed by atoms with van der Waals surface area (Å²) in [5, 5.41) is 0. The summed E-state index contributed by atoms with van der Waals surface area (Å²) in [6, 6.07) is 0. The minimum atomic E-state index is -4.32. The summed E-state index contributed by atoms with van der Waals surface area (Å²) in [5.74, 6) is -0.688. The summed E-state index contributed by atoms with van der Waals surface area (Å²) in [4.78, 5) is 10.8. The summed E-state index contributed by atoms with van der Waals surface area (Å²) < 4.78 is 35.8. The molecule has 0 spiro atoms. The molecule has 1 N–H and O–H groups in total. The van der Waals surface area contributed by atoms with E-state index in [0.29, 0.717) is 6.42 Å². The van der Waals surface area contributed by atoms with Crippen LogP contribution in [0, 0.1) is 0 Å². The van der Waals surface area contributed by atoms with Crippen LogP contribution in [0.15, 0.2) is 0 Å². The van der Waals surface area contributed by atoms with E-state index >= 15 is 0 Å². The standard InChI is InChI=1S/C17H34O5S/c1-3-4-5-6-7-8-9-10-11-12-13-14-15-17(22-16(2)18)23(19,20)21/h17H,3-15H2,1-2H3,(H,19,20,21). The Hall–Kier alpha value is -0.620. The molecule has 0 aliphatic heterocycles. The molecule has 0 rings (SSSR count). The van der Waals surface area contributed by atoms with Crippen molar-refractivity contribution >= 4 is 16.1 Å². The van der Waals surface area contributed by atoms with Crippen LogP contribution in [0.4, 0.5) is 0 Å². The highest BCUT2D eigenvalue weighted by Gasteiger charge is 2.25. The van der Waals surface area contributed by atoms with Gasteiger partial charge in [-0.15, -0.1) is 0 Å². The summed E-state index contributed by atoms with van der Waals surface area (Å²) in [6.07, 6.45) is 14.4. The zero-order valence-corrected chi connectivity index (χ0v) is 15.6. The van der Waals surface area contributed by atoms with Crippen LogP contribution in [0.3, 0.4) is 0 Å². The third-order valence-corrected chi connectivity index (χ3v) is 4.92. The first kappa shape index (κ1) is 22.4. The molecule has 0 aliphatic carbocycles. The molecule has 6 heteroatoms. The van der Waals surface area contributed by atoms with Gasteiger partial charge in [0.15, 0.2) is 0 Å². The first-order chi connectivity index (χ1) is 10.9. The van der Waals surface area contributed by atoms with Crippen molar-refractivity contribution in [2.75, 3.05) is 0 Å². The van der Waals surface area contributed by atoms with E-state index in [9.17, 15) is 13.2 Å². The Labute approximate surface area is 141 Å². The van der Waals surface area contributed by atoms with Crippen LogP contribution >= 0.6 is 0 Å². The largest absolute Gasteiger partial charge is 0.444 e. The molecule has 23 heavy (non-hydrogen) atoms. The second kappa shape index (κ2) is 13.8. The fourth-order valence-electron chi connectivity index (χ4n) is 2.61. The molecule has 0 saturated heterocycles. The molecule has 0 saturated carbocycles. The third-order valence-electron chi connectivity index (χ3n) is 3.92. The highest BCUT2D eigenvalue weighted by atomic mass is 32.2. The average molecular weight is 351 g/mol. The molecule has 0 fully saturated rings. The van der Waals surface area contributed by atoms with E-state index in [-0.39, 0.29) is 6.42 Å². The van der Waals surface area contributed by atoms with Gasteiger partial charge in [-0.3, -0.25) is 9.35 Å². The maximum Gasteiger partial charge on any atom is 0.304 e. The molecule has 0 amide bonds. The summed E-state index contributed by atoms with van der Waals surface area (Å²) in [6.45, 7) is 3.37. The number of ether oxygens (including phenoxy) is 1. The number of rotatable bonds is 15. The number of carbonyl (C=O) groups is 1. The quantitative estimate of drug-likeness (QED) is 0.259. The number of carbonyl (C=O) groups excluding carboxylic acids is 1. The lowest BCUT2D eigenvalue weighted by Crippen LogP contribution is -2.25.